The molecule has 148 valence electrons. The lowest BCUT2D eigenvalue weighted by Crippen LogP contribution is -2.39. The van der Waals surface area contributed by atoms with Gasteiger partial charge in [0.15, 0.2) is 6.10 Å². The van der Waals surface area contributed by atoms with E-state index in [1.807, 2.05) is 17.4 Å². The van der Waals surface area contributed by atoms with E-state index < -0.39 is 24.1 Å². The third-order valence-electron chi connectivity index (χ3n) is 3.72. The highest BCUT2D eigenvalue weighted by atomic mass is 16.6. The zero-order valence-electron chi connectivity index (χ0n) is 16.3. The van der Waals surface area contributed by atoms with Crippen molar-refractivity contribution in [1.29, 1.82) is 0 Å². The van der Waals surface area contributed by atoms with E-state index in [1.54, 1.807) is 12.1 Å². The van der Waals surface area contributed by atoms with Gasteiger partial charge in [0.2, 0.25) is 0 Å². The second-order valence-corrected chi connectivity index (χ2v) is 6.95. The summed E-state index contributed by atoms with van der Waals surface area (Å²) in [4.78, 5) is 46.3. The van der Waals surface area contributed by atoms with Crippen LogP contribution in [0.2, 0.25) is 0 Å². The molecule has 0 fully saturated rings. The van der Waals surface area contributed by atoms with Gasteiger partial charge in [-0.3, -0.25) is 19.7 Å². The van der Waals surface area contributed by atoms with Crippen LogP contribution in [0.5, 0.6) is 0 Å². The lowest BCUT2D eigenvalue weighted by atomic mass is 9.87. The predicted octanol–water partition coefficient (Wildman–Crippen LogP) is 1.92. The summed E-state index contributed by atoms with van der Waals surface area (Å²) >= 11 is 0. The molecule has 1 aromatic carbocycles. The average molecular weight is 378 g/mol. The van der Waals surface area contributed by atoms with E-state index in [1.165, 1.54) is 6.92 Å². The highest BCUT2D eigenvalue weighted by Gasteiger charge is 2.20. The summed E-state index contributed by atoms with van der Waals surface area (Å²) in [5.74, 6) is -1.77. The third kappa shape index (κ3) is 7.47. The van der Waals surface area contributed by atoms with Crippen LogP contribution in [0, 0.1) is 0 Å². The zero-order chi connectivity index (χ0) is 20.6. The van der Waals surface area contributed by atoms with Crippen molar-refractivity contribution in [3.8, 4) is 0 Å². The van der Waals surface area contributed by atoms with Crippen LogP contribution < -0.4 is 10.6 Å². The molecule has 0 spiro atoms. The Morgan fingerprint density at radius 2 is 1.67 bits per heavy atom. The Morgan fingerprint density at radius 1 is 1.07 bits per heavy atom. The van der Waals surface area contributed by atoms with Crippen molar-refractivity contribution in [2.45, 2.75) is 45.6 Å². The van der Waals surface area contributed by atoms with Crippen molar-refractivity contribution in [2.75, 3.05) is 13.7 Å². The average Bonchev–Trinajstić information content (AvgIpc) is 2.60. The van der Waals surface area contributed by atoms with Crippen LogP contribution in [0.3, 0.4) is 0 Å². The van der Waals surface area contributed by atoms with E-state index in [4.69, 9.17) is 4.74 Å². The maximum atomic E-state index is 12.1. The molecule has 0 unspecified atom stereocenters. The fraction of sp³-hybridized carbons (Fsp3) is 0.474. The Kier molecular flexibility index (Phi) is 7.96. The van der Waals surface area contributed by atoms with Gasteiger partial charge >= 0.3 is 12.1 Å². The Bertz CT molecular complexity index is 691. The van der Waals surface area contributed by atoms with Crippen molar-refractivity contribution in [1.82, 2.24) is 10.6 Å². The summed E-state index contributed by atoms with van der Waals surface area (Å²) in [7, 11) is 1.11. The number of methoxy groups -OCH3 is 1. The number of alkyl carbamates (subject to hydrolysis) is 1. The Hall–Kier alpha value is -2.90. The normalized spacial score (nSPS) is 11.9. The van der Waals surface area contributed by atoms with Crippen LogP contribution in [0.4, 0.5) is 4.79 Å². The molecule has 27 heavy (non-hydrogen) atoms. The van der Waals surface area contributed by atoms with E-state index >= 15 is 0 Å². The molecule has 0 aliphatic heterocycles. The van der Waals surface area contributed by atoms with Gasteiger partial charge in [0, 0.05) is 12.1 Å². The molecule has 2 N–H and O–H groups in total. The van der Waals surface area contributed by atoms with Crippen molar-refractivity contribution in [3.05, 3.63) is 35.4 Å². The first-order chi connectivity index (χ1) is 12.5. The van der Waals surface area contributed by atoms with Crippen LogP contribution in [0.15, 0.2) is 24.3 Å². The van der Waals surface area contributed by atoms with Gasteiger partial charge < -0.3 is 14.8 Å². The van der Waals surface area contributed by atoms with Gasteiger partial charge in [0.05, 0.1) is 13.5 Å². The van der Waals surface area contributed by atoms with E-state index in [0.717, 1.165) is 12.7 Å². The minimum Gasteiger partial charge on any atom is -0.453 e. The fourth-order valence-corrected chi connectivity index (χ4v) is 2.06. The molecule has 1 rings (SSSR count). The van der Waals surface area contributed by atoms with Gasteiger partial charge in [-0.15, -0.1) is 0 Å². The molecule has 1 aromatic rings. The molecule has 3 amide bonds. The molecular weight excluding hydrogens is 352 g/mol. The Labute approximate surface area is 158 Å². The number of carbonyl (C=O) groups excluding carboxylic acids is 4. The lowest BCUT2D eigenvalue weighted by Gasteiger charge is -2.19. The van der Waals surface area contributed by atoms with Gasteiger partial charge in [0.25, 0.3) is 11.8 Å². The molecule has 1 atom stereocenters. The van der Waals surface area contributed by atoms with Gasteiger partial charge in [-0.2, -0.15) is 0 Å². The smallest absolute Gasteiger partial charge is 0.413 e. The van der Waals surface area contributed by atoms with Gasteiger partial charge in [-0.1, -0.05) is 32.9 Å². The summed E-state index contributed by atoms with van der Waals surface area (Å²) in [6.45, 7) is 7.63. The first kappa shape index (κ1) is 22.1. The summed E-state index contributed by atoms with van der Waals surface area (Å²) < 4.78 is 9.16. The van der Waals surface area contributed by atoms with Gasteiger partial charge in [-0.25, -0.2) is 4.79 Å². The third-order valence-corrected chi connectivity index (χ3v) is 3.72. The number of hydrogen-bond acceptors (Lipinski definition) is 6. The number of imide groups is 1. The summed E-state index contributed by atoms with van der Waals surface area (Å²) in [6, 6.07) is 7.25. The quantitative estimate of drug-likeness (QED) is 0.732. The second kappa shape index (κ2) is 9.70. The monoisotopic (exact) mass is 378 g/mol. The van der Waals surface area contributed by atoms with Crippen molar-refractivity contribution in [3.63, 3.8) is 0 Å². The maximum Gasteiger partial charge on any atom is 0.413 e. The molecule has 0 radical (unpaired) electrons. The van der Waals surface area contributed by atoms with E-state index in [0.29, 0.717) is 5.56 Å². The Balaban J connectivity index is 2.41. The Morgan fingerprint density at radius 3 is 2.19 bits per heavy atom. The molecule has 0 aromatic heterocycles. The fourth-order valence-electron chi connectivity index (χ4n) is 2.06. The molecule has 0 bridgehead atoms. The van der Waals surface area contributed by atoms with Gasteiger partial charge in [0.1, 0.15) is 0 Å². The van der Waals surface area contributed by atoms with Crippen LogP contribution in [0.1, 0.15) is 50.0 Å². The van der Waals surface area contributed by atoms with Crippen LogP contribution in [-0.4, -0.2) is 43.6 Å². The number of hydrogen-bond donors (Lipinski definition) is 2. The molecule has 8 heteroatoms. The molecule has 0 heterocycles. The second-order valence-electron chi connectivity index (χ2n) is 6.95. The number of ether oxygens (including phenoxy) is 2. The predicted molar refractivity (Wildman–Crippen MR) is 98.2 cm³/mol. The number of carbonyl (C=O) groups is 4. The largest absolute Gasteiger partial charge is 0.453 e. The first-order valence-corrected chi connectivity index (χ1v) is 8.51. The standard InChI is InChI=1S/C19H26N2O6/c1-12(16(23)21-18(25)26-5)27-15(22)10-11-20-17(24)13-6-8-14(9-7-13)19(2,3)4/h6-9,12H,10-11H2,1-5H3,(H,20,24)(H,21,23,25)/t12-/m0/s1. The maximum absolute atomic E-state index is 12.1. The van der Waals surface area contributed by atoms with Crippen molar-refractivity contribution >= 4 is 23.9 Å². The topological polar surface area (TPSA) is 111 Å². The van der Waals surface area contributed by atoms with E-state index in [9.17, 15) is 19.2 Å². The number of amides is 3. The highest BCUT2D eigenvalue weighted by Crippen LogP contribution is 2.22. The number of benzene rings is 1. The zero-order valence-corrected chi connectivity index (χ0v) is 16.3. The highest BCUT2D eigenvalue weighted by molar-refractivity contribution is 5.95. The number of nitrogens with one attached hydrogen (secondary N) is 2. The molecule has 0 saturated heterocycles. The van der Waals surface area contributed by atoms with E-state index in [2.05, 4.69) is 30.8 Å². The van der Waals surface area contributed by atoms with Crippen molar-refractivity contribution < 1.29 is 28.7 Å². The summed E-state index contributed by atoms with van der Waals surface area (Å²) in [5.41, 5.74) is 1.60. The van der Waals surface area contributed by atoms with E-state index in [-0.39, 0.29) is 24.3 Å². The first-order valence-electron chi connectivity index (χ1n) is 8.51. The van der Waals surface area contributed by atoms with Crippen LogP contribution in [0.25, 0.3) is 0 Å². The lowest BCUT2D eigenvalue weighted by molar-refractivity contribution is -0.154. The molecule has 8 nitrogen and oxygen atoms in total. The molecule has 0 aliphatic carbocycles. The molecule has 0 aliphatic rings. The number of rotatable bonds is 6. The SMILES string of the molecule is COC(=O)NC(=O)[C@H](C)OC(=O)CCNC(=O)c1ccc(C(C)(C)C)cc1. The van der Waals surface area contributed by atoms with Crippen LogP contribution >= 0.6 is 0 Å². The molecule has 0 saturated carbocycles. The summed E-state index contributed by atoms with van der Waals surface area (Å²) in [6.07, 6.45) is -2.20. The van der Waals surface area contributed by atoms with Crippen LogP contribution in [-0.2, 0) is 24.5 Å². The number of esters is 1. The summed E-state index contributed by atoms with van der Waals surface area (Å²) in [5, 5.41) is 4.52. The minimum atomic E-state index is -1.16. The van der Waals surface area contributed by atoms with Crippen molar-refractivity contribution in [2.24, 2.45) is 0 Å². The minimum absolute atomic E-state index is 0.00435. The van der Waals surface area contributed by atoms with Gasteiger partial charge in [-0.05, 0) is 30.0 Å². The molecular formula is C19H26N2O6.